The molecule has 1 heterocycles. The quantitative estimate of drug-likeness (QED) is 0.485. The highest BCUT2D eigenvalue weighted by atomic mass is 28.3. The van der Waals surface area contributed by atoms with Crippen molar-refractivity contribution in [1.29, 1.82) is 0 Å². The minimum atomic E-state index is -1.13. The Hall–Kier alpha value is -1.93. The van der Waals surface area contributed by atoms with Crippen LogP contribution in [0.25, 0.3) is 22.0 Å². The predicted octanol–water partition coefficient (Wildman–Crippen LogP) is 6.62. The van der Waals surface area contributed by atoms with Crippen LogP contribution in [0.5, 0.6) is 0 Å². The molecular weight excluding hydrogens is 318 g/mol. The van der Waals surface area contributed by atoms with Gasteiger partial charge in [0.25, 0.3) is 0 Å². The van der Waals surface area contributed by atoms with Gasteiger partial charge in [0.15, 0.2) is 0 Å². The first-order chi connectivity index (χ1) is 11.6. The van der Waals surface area contributed by atoms with Crippen molar-refractivity contribution in [2.45, 2.75) is 51.9 Å². The van der Waals surface area contributed by atoms with Crippen molar-refractivity contribution in [3.05, 3.63) is 65.9 Å². The molecule has 0 aliphatic carbocycles. The van der Waals surface area contributed by atoms with E-state index < -0.39 is 8.07 Å². The van der Waals surface area contributed by atoms with Crippen LogP contribution in [0.4, 0.5) is 0 Å². The highest BCUT2D eigenvalue weighted by molar-refractivity contribution is 6.75. The Bertz CT molecular complexity index is 898. The van der Waals surface area contributed by atoms with E-state index in [0.717, 1.165) is 5.69 Å². The van der Waals surface area contributed by atoms with E-state index in [0.29, 0.717) is 0 Å². The Labute approximate surface area is 153 Å². The van der Waals surface area contributed by atoms with Gasteiger partial charge in [0.2, 0.25) is 0 Å². The third kappa shape index (κ3) is 4.19. The van der Waals surface area contributed by atoms with Crippen molar-refractivity contribution in [3.8, 4) is 11.3 Å². The van der Waals surface area contributed by atoms with Gasteiger partial charge < -0.3 is 0 Å². The van der Waals surface area contributed by atoms with E-state index in [-0.39, 0.29) is 5.41 Å². The molecule has 0 fully saturated rings. The summed E-state index contributed by atoms with van der Waals surface area (Å²) in [5.41, 5.74) is 5.21. The van der Waals surface area contributed by atoms with Gasteiger partial charge in [-0.15, -0.1) is 0 Å². The fourth-order valence-corrected chi connectivity index (χ4v) is 4.88. The van der Waals surface area contributed by atoms with Gasteiger partial charge in [-0.1, -0.05) is 64.7 Å². The Morgan fingerprint density at radius 3 is 2.32 bits per heavy atom. The number of rotatable bonds is 3. The number of fused-ring (bicyclic) bond motifs is 1. The minimum Gasteiger partial charge on any atom is -0.256 e. The Balaban J connectivity index is 2.15. The van der Waals surface area contributed by atoms with Gasteiger partial charge in [-0.05, 0) is 57.6 Å². The molecule has 0 aliphatic heterocycles. The number of nitrogens with zero attached hydrogens (tertiary/aromatic N) is 1. The second-order valence-electron chi connectivity index (χ2n) is 9.28. The Kier molecular flexibility index (Phi) is 4.59. The van der Waals surface area contributed by atoms with Crippen molar-refractivity contribution >= 4 is 18.8 Å². The minimum absolute atomic E-state index is 0.103. The largest absolute Gasteiger partial charge is 0.256 e. The first-order valence-electron chi connectivity index (χ1n) is 9.12. The van der Waals surface area contributed by atoms with Crippen molar-refractivity contribution in [3.63, 3.8) is 0 Å². The average molecular weight is 348 g/mol. The third-order valence-corrected chi connectivity index (χ3v) is 5.99. The zero-order valence-corrected chi connectivity index (χ0v) is 17.4. The van der Waals surface area contributed by atoms with E-state index in [1.807, 2.05) is 6.20 Å². The zero-order valence-electron chi connectivity index (χ0n) is 16.4. The van der Waals surface area contributed by atoms with Crippen LogP contribution in [0.2, 0.25) is 19.6 Å². The van der Waals surface area contributed by atoms with Crippen molar-refractivity contribution in [2.24, 2.45) is 0 Å². The maximum Gasteiger partial charge on any atom is 0.0704 e. The molecule has 1 nitrogen and oxygen atoms in total. The van der Waals surface area contributed by atoms with Crippen LogP contribution < -0.4 is 0 Å². The molecule has 3 aromatic rings. The van der Waals surface area contributed by atoms with Crippen LogP contribution in [-0.4, -0.2) is 13.1 Å². The first-order valence-corrected chi connectivity index (χ1v) is 12.8. The molecule has 0 bridgehead atoms. The smallest absolute Gasteiger partial charge is 0.0704 e. The topological polar surface area (TPSA) is 12.9 Å². The van der Waals surface area contributed by atoms with Crippen molar-refractivity contribution in [2.75, 3.05) is 0 Å². The number of hydrogen-bond donors (Lipinski definition) is 0. The zero-order chi connectivity index (χ0) is 18.2. The van der Waals surface area contributed by atoms with E-state index in [4.69, 9.17) is 0 Å². The summed E-state index contributed by atoms with van der Waals surface area (Å²) in [4.78, 5) is 4.69. The molecule has 2 aromatic carbocycles. The number of aromatic nitrogens is 1. The lowest BCUT2D eigenvalue weighted by Crippen LogP contribution is -2.23. The van der Waals surface area contributed by atoms with Gasteiger partial charge in [-0.3, -0.25) is 4.98 Å². The van der Waals surface area contributed by atoms with Crippen LogP contribution in [0.3, 0.4) is 0 Å². The highest BCUT2D eigenvalue weighted by Crippen LogP contribution is 2.34. The standard InChI is InChI=1S/C23H29NSi/c1-23(2,3)21-15-19(14-18-9-7-8-10-20(18)21)22-13-17(11-12-24-22)16-25(4,5)6/h7-15H,16H2,1-6H3. The van der Waals surface area contributed by atoms with Gasteiger partial charge in [0.05, 0.1) is 5.69 Å². The predicted molar refractivity (Wildman–Crippen MR) is 113 cm³/mol. The van der Waals surface area contributed by atoms with E-state index in [2.05, 4.69) is 93.9 Å². The van der Waals surface area contributed by atoms with E-state index in [1.54, 1.807) is 0 Å². The second kappa shape index (κ2) is 6.42. The summed E-state index contributed by atoms with van der Waals surface area (Å²) >= 11 is 0. The third-order valence-electron chi connectivity index (χ3n) is 4.52. The summed E-state index contributed by atoms with van der Waals surface area (Å²) in [6.07, 6.45) is 1.97. The van der Waals surface area contributed by atoms with E-state index in [9.17, 15) is 0 Å². The van der Waals surface area contributed by atoms with Crippen LogP contribution in [0, 0.1) is 0 Å². The van der Waals surface area contributed by atoms with E-state index >= 15 is 0 Å². The van der Waals surface area contributed by atoms with Crippen LogP contribution in [0.1, 0.15) is 31.9 Å². The van der Waals surface area contributed by atoms with Gasteiger partial charge in [0.1, 0.15) is 0 Å². The molecule has 3 rings (SSSR count). The summed E-state index contributed by atoms with van der Waals surface area (Å²) < 4.78 is 0. The summed E-state index contributed by atoms with van der Waals surface area (Å²) in [6.45, 7) is 14.1. The SMILES string of the molecule is CC(C)(C)c1cc(-c2cc(C[Si](C)(C)C)ccn2)cc2ccccc12. The Morgan fingerprint density at radius 2 is 1.64 bits per heavy atom. The molecule has 1 aromatic heterocycles. The van der Waals surface area contributed by atoms with Crippen molar-refractivity contribution in [1.82, 2.24) is 4.98 Å². The summed E-state index contributed by atoms with van der Waals surface area (Å²) in [7, 11) is -1.13. The summed E-state index contributed by atoms with van der Waals surface area (Å²) in [5, 5.41) is 2.64. The normalized spacial score (nSPS) is 12.6. The van der Waals surface area contributed by atoms with Crippen LogP contribution >= 0.6 is 0 Å². The number of benzene rings is 2. The van der Waals surface area contributed by atoms with Gasteiger partial charge in [-0.2, -0.15) is 0 Å². The summed E-state index contributed by atoms with van der Waals surface area (Å²) in [6, 6.07) is 19.0. The van der Waals surface area contributed by atoms with Crippen LogP contribution in [-0.2, 0) is 11.5 Å². The Morgan fingerprint density at radius 1 is 0.920 bits per heavy atom. The van der Waals surface area contributed by atoms with Crippen LogP contribution in [0.15, 0.2) is 54.7 Å². The average Bonchev–Trinajstić information content (AvgIpc) is 2.51. The molecule has 25 heavy (non-hydrogen) atoms. The maximum atomic E-state index is 4.69. The molecule has 130 valence electrons. The molecular formula is C23H29NSi. The van der Waals surface area contributed by atoms with Gasteiger partial charge in [-0.25, -0.2) is 0 Å². The monoisotopic (exact) mass is 347 g/mol. The number of pyridine rings is 1. The van der Waals surface area contributed by atoms with Gasteiger partial charge >= 0.3 is 0 Å². The summed E-state index contributed by atoms with van der Waals surface area (Å²) in [5.74, 6) is 0. The molecule has 0 spiro atoms. The molecule has 0 aliphatic rings. The fourth-order valence-electron chi connectivity index (χ4n) is 3.43. The molecule has 0 N–H and O–H groups in total. The molecule has 2 heteroatoms. The van der Waals surface area contributed by atoms with E-state index in [1.165, 1.54) is 33.5 Å². The van der Waals surface area contributed by atoms with Crippen molar-refractivity contribution < 1.29 is 0 Å². The second-order valence-corrected chi connectivity index (χ2v) is 14.8. The molecule has 0 radical (unpaired) electrons. The highest BCUT2D eigenvalue weighted by Gasteiger charge is 2.19. The molecule has 0 saturated heterocycles. The lowest BCUT2D eigenvalue weighted by Gasteiger charge is -2.23. The lowest BCUT2D eigenvalue weighted by atomic mass is 9.82. The fraction of sp³-hybridized carbons (Fsp3) is 0.348. The number of hydrogen-bond acceptors (Lipinski definition) is 1. The molecule has 0 amide bonds. The first kappa shape index (κ1) is 17.9. The maximum absolute atomic E-state index is 4.69. The molecule has 0 atom stereocenters. The lowest BCUT2D eigenvalue weighted by molar-refractivity contribution is 0.596. The van der Waals surface area contributed by atoms with Gasteiger partial charge in [0, 0.05) is 19.8 Å². The molecule has 0 saturated carbocycles. The molecule has 0 unspecified atom stereocenters.